The number of hydrogen-bond acceptors (Lipinski definition) is 6. The Kier molecular flexibility index (Phi) is 8.69. The highest BCUT2D eigenvalue weighted by molar-refractivity contribution is 8.03. The molecule has 1 saturated heterocycles. The van der Waals surface area contributed by atoms with Gasteiger partial charge >= 0.3 is 0 Å². The molecule has 1 fully saturated rings. The summed E-state index contributed by atoms with van der Waals surface area (Å²) in [5, 5.41) is 12.8. The van der Waals surface area contributed by atoms with Crippen molar-refractivity contribution in [3.8, 4) is 0 Å². The molecule has 1 aliphatic carbocycles. The van der Waals surface area contributed by atoms with Crippen molar-refractivity contribution < 1.29 is 9.53 Å². The molecule has 0 aromatic heterocycles. The lowest BCUT2D eigenvalue weighted by molar-refractivity contribution is -0.119. The zero-order valence-corrected chi connectivity index (χ0v) is 18.4. The minimum absolute atomic E-state index is 0.0181. The van der Waals surface area contributed by atoms with Crippen LogP contribution in [0.4, 0.5) is 0 Å². The van der Waals surface area contributed by atoms with Crippen molar-refractivity contribution in [2.24, 2.45) is 16.1 Å². The second-order valence-corrected chi connectivity index (χ2v) is 9.15. The summed E-state index contributed by atoms with van der Waals surface area (Å²) in [5.74, 6) is 0.606. The van der Waals surface area contributed by atoms with E-state index in [-0.39, 0.29) is 17.5 Å². The lowest BCUT2D eigenvalue weighted by Crippen LogP contribution is -2.48. The number of carbonyl (C=O) groups excluding carboxylic acids is 1. The lowest BCUT2D eigenvalue weighted by atomic mass is 9.99. The van der Waals surface area contributed by atoms with Crippen LogP contribution in [0.5, 0.6) is 0 Å². The van der Waals surface area contributed by atoms with Gasteiger partial charge in [0.25, 0.3) is 0 Å². The van der Waals surface area contributed by atoms with Crippen molar-refractivity contribution in [3.63, 3.8) is 0 Å². The first-order chi connectivity index (χ1) is 13.5. The van der Waals surface area contributed by atoms with Crippen molar-refractivity contribution in [2.45, 2.75) is 24.4 Å². The molecule has 0 radical (unpaired) electrons. The van der Waals surface area contributed by atoms with Gasteiger partial charge in [0.2, 0.25) is 5.91 Å². The van der Waals surface area contributed by atoms with Crippen LogP contribution in [-0.4, -0.2) is 61.0 Å². The molecule has 28 heavy (non-hydrogen) atoms. The number of azo groups is 1. The number of ether oxygens (including phenoxy) is 1. The number of thioether (sulfide) groups is 1. The molecule has 3 rings (SSSR count). The van der Waals surface area contributed by atoms with Gasteiger partial charge in [0, 0.05) is 32.6 Å². The van der Waals surface area contributed by atoms with Crippen molar-refractivity contribution in [1.29, 1.82) is 0 Å². The van der Waals surface area contributed by atoms with Gasteiger partial charge < -0.3 is 10.1 Å². The maximum absolute atomic E-state index is 12.1. The quantitative estimate of drug-likeness (QED) is 0.455. The number of morpholine rings is 1. The van der Waals surface area contributed by atoms with E-state index in [1.165, 1.54) is 11.8 Å². The normalized spacial score (nSPS) is 28.4. The largest absolute Gasteiger partial charge is 0.374 e. The Balaban J connectivity index is 1.35. The van der Waals surface area contributed by atoms with E-state index in [4.69, 9.17) is 39.5 Å². The number of nitrogens with one attached hydrogen (secondary N) is 1. The van der Waals surface area contributed by atoms with Gasteiger partial charge in [-0.05, 0) is 18.4 Å². The van der Waals surface area contributed by atoms with E-state index in [2.05, 4.69) is 20.4 Å². The number of nitrogens with zero attached hydrogens (tertiary/aromatic N) is 3. The van der Waals surface area contributed by atoms with E-state index < -0.39 is 0 Å². The lowest BCUT2D eigenvalue weighted by Gasteiger charge is -2.35. The summed E-state index contributed by atoms with van der Waals surface area (Å²) < 4.78 is 5.79. The second kappa shape index (κ2) is 11.0. The molecular weight excluding hydrogens is 443 g/mol. The van der Waals surface area contributed by atoms with Crippen LogP contribution < -0.4 is 5.32 Å². The summed E-state index contributed by atoms with van der Waals surface area (Å²) in [6.45, 7) is 3.71. The first-order valence-corrected chi connectivity index (χ1v) is 11.4. The van der Waals surface area contributed by atoms with Crippen LogP contribution in [0.3, 0.4) is 0 Å². The van der Waals surface area contributed by atoms with E-state index >= 15 is 0 Å². The van der Waals surface area contributed by atoms with E-state index in [0.29, 0.717) is 41.3 Å². The predicted octanol–water partition coefficient (Wildman–Crippen LogP) is 4.06. The summed E-state index contributed by atoms with van der Waals surface area (Å²) in [7, 11) is 0. The highest BCUT2D eigenvalue weighted by Gasteiger charge is 2.24. The SMILES string of the molecule is O=C(CSC1=CCC(Cl)N=N1)NC[C@H]1CN(CC2C=C(Cl)C(Cl)=CC2)CCO1. The molecule has 1 amide bonds. The van der Waals surface area contributed by atoms with Gasteiger partial charge in [-0.15, -0.1) is 5.11 Å². The van der Waals surface area contributed by atoms with Gasteiger partial charge in [-0.25, -0.2) is 0 Å². The van der Waals surface area contributed by atoms with Crippen molar-refractivity contribution in [3.05, 3.63) is 33.3 Å². The summed E-state index contributed by atoms with van der Waals surface area (Å²) in [4.78, 5) is 14.4. The van der Waals surface area contributed by atoms with Gasteiger partial charge in [0.1, 0.15) is 10.5 Å². The zero-order chi connectivity index (χ0) is 19.9. The van der Waals surface area contributed by atoms with Gasteiger partial charge in [0.05, 0.1) is 28.5 Å². The third-order valence-corrected chi connectivity index (χ3v) is 6.57. The number of amides is 1. The van der Waals surface area contributed by atoms with Gasteiger partial charge in [-0.1, -0.05) is 58.7 Å². The highest BCUT2D eigenvalue weighted by atomic mass is 35.5. The summed E-state index contributed by atoms with van der Waals surface area (Å²) >= 11 is 19.3. The Bertz CT molecular complexity index is 698. The molecule has 2 unspecified atom stereocenters. The summed E-state index contributed by atoms with van der Waals surface area (Å²) in [6.07, 6.45) is 7.41. The third kappa shape index (κ3) is 7.04. The van der Waals surface area contributed by atoms with Gasteiger partial charge in [-0.2, -0.15) is 5.11 Å². The molecule has 3 aliphatic rings. The number of alkyl halides is 1. The molecule has 0 aromatic rings. The van der Waals surface area contributed by atoms with Crippen molar-refractivity contribution >= 4 is 52.5 Å². The predicted molar refractivity (Wildman–Crippen MR) is 115 cm³/mol. The minimum atomic E-state index is -0.294. The molecule has 154 valence electrons. The van der Waals surface area contributed by atoms with E-state index in [0.717, 1.165) is 31.1 Å². The number of allylic oxidation sites excluding steroid dienone is 3. The zero-order valence-electron chi connectivity index (χ0n) is 15.3. The monoisotopic (exact) mass is 464 g/mol. The standard InChI is InChI=1S/C18H23Cl3N4O2S/c19-14-2-1-12(7-15(14)20)9-25-5-6-27-13(10-25)8-22-17(26)11-28-18-4-3-16(21)23-24-18/h2,4,7,12-13,16H,1,3,5-6,8-11H2,(H,22,26)/t12?,13-,16?/m0/s1. The number of halogens is 3. The maximum atomic E-state index is 12.1. The molecule has 0 bridgehead atoms. The fourth-order valence-electron chi connectivity index (χ4n) is 3.15. The number of hydrogen-bond donors (Lipinski definition) is 1. The van der Waals surface area contributed by atoms with Crippen LogP contribution in [-0.2, 0) is 9.53 Å². The van der Waals surface area contributed by atoms with E-state index in [1.54, 1.807) is 0 Å². The Morgan fingerprint density at radius 1 is 1.32 bits per heavy atom. The van der Waals surface area contributed by atoms with Crippen LogP contribution >= 0.6 is 46.6 Å². The second-order valence-electron chi connectivity index (χ2n) is 6.84. The summed E-state index contributed by atoms with van der Waals surface area (Å²) in [5.41, 5.74) is -0.294. The smallest absolute Gasteiger partial charge is 0.230 e. The van der Waals surface area contributed by atoms with Gasteiger partial charge in [0.15, 0.2) is 0 Å². The fourth-order valence-corrected chi connectivity index (χ4v) is 4.39. The summed E-state index contributed by atoms with van der Waals surface area (Å²) in [6, 6.07) is 0. The van der Waals surface area contributed by atoms with Gasteiger partial charge in [-0.3, -0.25) is 9.69 Å². The molecule has 1 N–H and O–H groups in total. The number of carbonyl (C=O) groups is 1. The molecule has 0 saturated carbocycles. The average Bonchev–Trinajstić information content (AvgIpc) is 2.69. The maximum Gasteiger partial charge on any atom is 0.230 e. The fraction of sp³-hybridized carbons (Fsp3) is 0.611. The molecule has 10 heteroatoms. The molecule has 0 spiro atoms. The van der Waals surface area contributed by atoms with E-state index in [9.17, 15) is 4.79 Å². The Morgan fingerprint density at radius 2 is 2.18 bits per heavy atom. The van der Waals surface area contributed by atoms with Crippen LogP contribution in [0.25, 0.3) is 0 Å². The third-order valence-electron chi connectivity index (χ3n) is 4.57. The highest BCUT2D eigenvalue weighted by Crippen LogP contribution is 2.29. The van der Waals surface area contributed by atoms with Crippen molar-refractivity contribution in [1.82, 2.24) is 10.2 Å². The molecule has 2 aliphatic heterocycles. The van der Waals surface area contributed by atoms with Crippen LogP contribution in [0.1, 0.15) is 12.8 Å². The van der Waals surface area contributed by atoms with Crippen molar-refractivity contribution in [2.75, 3.05) is 38.5 Å². The minimum Gasteiger partial charge on any atom is -0.374 e. The molecule has 6 nitrogen and oxygen atoms in total. The Morgan fingerprint density at radius 3 is 2.93 bits per heavy atom. The first kappa shape index (κ1) is 22.1. The van der Waals surface area contributed by atoms with Crippen LogP contribution in [0, 0.1) is 5.92 Å². The first-order valence-electron chi connectivity index (χ1n) is 9.21. The molecule has 3 atom stereocenters. The molecule has 0 aromatic carbocycles. The number of rotatable bonds is 7. The molecule has 2 heterocycles. The topological polar surface area (TPSA) is 66.3 Å². The van der Waals surface area contributed by atoms with E-state index in [1.807, 2.05) is 18.2 Å². The molecular formula is C18H23Cl3N4O2S. The Labute approximate surface area is 184 Å². The average molecular weight is 466 g/mol. The Hall–Kier alpha value is -0.570. The van der Waals surface area contributed by atoms with Crippen LogP contribution in [0.15, 0.2) is 43.6 Å². The van der Waals surface area contributed by atoms with Crippen LogP contribution in [0.2, 0.25) is 0 Å².